The maximum absolute atomic E-state index is 12.6. The van der Waals surface area contributed by atoms with Crippen LogP contribution in [-0.2, 0) is 6.54 Å². The lowest BCUT2D eigenvalue weighted by Gasteiger charge is -2.15. The highest BCUT2D eigenvalue weighted by Gasteiger charge is 2.10. The second-order valence-electron chi connectivity index (χ2n) is 6.53. The van der Waals surface area contributed by atoms with E-state index in [2.05, 4.69) is 26.8 Å². The van der Waals surface area contributed by atoms with Crippen molar-refractivity contribution < 1.29 is 0 Å². The van der Waals surface area contributed by atoms with Gasteiger partial charge in [0.1, 0.15) is 0 Å². The van der Waals surface area contributed by atoms with Gasteiger partial charge in [0.2, 0.25) is 0 Å². The highest BCUT2D eigenvalue weighted by molar-refractivity contribution is 5.63. The van der Waals surface area contributed by atoms with Gasteiger partial charge >= 0.3 is 0 Å². The largest absolute Gasteiger partial charge is 0.311 e. The summed E-state index contributed by atoms with van der Waals surface area (Å²) in [6.07, 6.45) is 4.00. The number of rotatable bonds is 3. The molecule has 0 saturated carbocycles. The highest BCUT2D eigenvalue weighted by Crippen LogP contribution is 2.21. The van der Waals surface area contributed by atoms with Crippen LogP contribution in [0.2, 0.25) is 0 Å². The molecule has 0 aliphatic heterocycles. The Morgan fingerprint density at radius 1 is 1.10 bits per heavy atom. The smallest absolute Gasteiger partial charge is 0.258 e. The maximum atomic E-state index is 12.6. The summed E-state index contributed by atoms with van der Waals surface area (Å²) in [4.78, 5) is 12.6. The van der Waals surface area contributed by atoms with E-state index in [0.717, 1.165) is 16.7 Å². The van der Waals surface area contributed by atoms with Gasteiger partial charge in [0.15, 0.2) is 0 Å². The van der Waals surface area contributed by atoms with E-state index in [9.17, 15) is 4.79 Å². The Balaban J connectivity index is 2.37. The fourth-order valence-corrected chi connectivity index (χ4v) is 2.47. The van der Waals surface area contributed by atoms with Crippen molar-refractivity contribution in [3.8, 4) is 0 Å². The summed E-state index contributed by atoms with van der Waals surface area (Å²) in [5.74, 6) is 0. The van der Waals surface area contributed by atoms with Gasteiger partial charge in [0.05, 0.1) is 6.54 Å². The molecule has 0 aliphatic carbocycles. The number of hydrogen-bond donors (Lipinski definition) is 0. The molecule has 2 rings (SSSR count). The molecule has 2 nitrogen and oxygen atoms in total. The standard InChI is InChI=1S/C19H23NO/c1-15(13-19(2,3)4)17-11-8-12-20(18(17)21)14-16-9-6-5-7-10-16/h5-13H,14H2,1-4H3/b15-13+. The van der Waals surface area contributed by atoms with Crippen molar-refractivity contribution in [3.63, 3.8) is 0 Å². The van der Waals surface area contributed by atoms with Gasteiger partial charge in [-0.25, -0.2) is 0 Å². The molecule has 110 valence electrons. The first kappa shape index (κ1) is 15.3. The zero-order valence-electron chi connectivity index (χ0n) is 13.3. The average molecular weight is 281 g/mol. The van der Waals surface area contributed by atoms with Crippen LogP contribution in [-0.4, -0.2) is 4.57 Å². The van der Waals surface area contributed by atoms with Crippen LogP contribution >= 0.6 is 0 Å². The van der Waals surface area contributed by atoms with Gasteiger partial charge in [-0.05, 0) is 35.6 Å². The van der Waals surface area contributed by atoms with Crippen LogP contribution in [0, 0.1) is 5.41 Å². The first-order chi connectivity index (χ1) is 9.87. The van der Waals surface area contributed by atoms with E-state index in [1.807, 2.05) is 55.6 Å². The normalized spacial score (nSPS) is 12.5. The van der Waals surface area contributed by atoms with Gasteiger partial charge in [0, 0.05) is 11.8 Å². The molecule has 0 fully saturated rings. The minimum Gasteiger partial charge on any atom is -0.311 e. The predicted molar refractivity (Wildman–Crippen MR) is 89.4 cm³/mol. The SMILES string of the molecule is C/C(=C\C(C)(C)C)c1cccn(Cc2ccccc2)c1=O. The van der Waals surface area contributed by atoms with Crippen LogP contribution in [0.3, 0.4) is 0 Å². The Morgan fingerprint density at radius 3 is 2.38 bits per heavy atom. The molecule has 0 amide bonds. The topological polar surface area (TPSA) is 22.0 Å². The Labute approximate surface area is 126 Å². The summed E-state index contributed by atoms with van der Waals surface area (Å²) in [6.45, 7) is 9.04. The van der Waals surface area contributed by atoms with Crippen LogP contribution in [0.5, 0.6) is 0 Å². The fourth-order valence-electron chi connectivity index (χ4n) is 2.47. The Morgan fingerprint density at radius 2 is 1.76 bits per heavy atom. The third kappa shape index (κ3) is 4.19. The second kappa shape index (κ2) is 6.13. The number of pyridine rings is 1. The summed E-state index contributed by atoms with van der Waals surface area (Å²) < 4.78 is 1.77. The van der Waals surface area contributed by atoms with Crippen LogP contribution in [0.4, 0.5) is 0 Å². The molecule has 0 N–H and O–H groups in total. The summed E-state index contributed by atoms with van der Waals surface area (Å²) in [6, 6.07) is 13.9. The third-order valence-electron chi connectivity index (χ3n) is 3.29. The Kier molecular flexibility index (Phi) is 4.46. The van der Waals surface area contributed by atoms with Crippen molar-refractivity contribution in [1.29, 1.82) is 0 Å². The number of hydrogen-bond acceptors (Lipinski definition) is 1. The number of benzene rings is 1. The molecule has 0 unspecified atom stereocenters. The molecule has 0 radical (unpaired) electrons. The van der Waals surface area contributed by atoms with Crippen molar-refractivity contribution in [1.82, 2.24) is 4.57 Å². The lowest BCUT2D eigenvalue weighted by Crippen LogP contribution is -2.23. The third-order valence-corrected chi connectivity index (χ3v) is 3.29. The molecule has 21 heavy (non-hydrogen) atoms. The van der Waals surface area contributed by atoms with Gasteiger partial charge in [-0.3, -0.25) is 4.79 Å². The van der Waals surface area contributed by atoms with E-state index in [0.29, 0.717) is 6.54 Å². The molecule has 0 atom stereocenters. The van der Waals surface area contributed by atoms with Gasteiger partial charge in [0.25, 0.3) is 5.56 Å². The van der Waals surface area contributed by atoms with E-state index >= 15 is 0 Å². The number of allylic oxidation sites excluding steroid dienone is 2. The van der Waals surface area contributed by atoms with Crippen molar-refractivity contribution in [2.45, 2.75) is 34.2 Å². The van der Waals surface area contributed by atoms with Crippen molar-refractivity contribution >= 4 is 5.57 Å². The first-order valence-electron chi connectivity index (χ1n) is 7.30. The quantitative estimate of drug-likeness (QED) is 0.820. The van der Waals surface area contributed by atoms with E-state index in [-0.39, 0.29) is 11.0 Å². The second-order valence-corrected chi connectivity index (χ2v) is 6.53. The number of aromatic nitrogens is 1. The molecule has 0 saturated heterocycles. The fraction of sp³-hybridized carbons (Fsp3) is 0.316. The molecule has 1 aromatic carbocycles. The minimum absolute atomic E-state index is 0.0661. The van der Waals surface area contributed by atoms with E-state index in [4.69, 9.17) is 0 Å². The van der Waals surface area contributed by atoms with E-state index in [1.54, 1.807) is 4.57 Å². The maximum Gasteiger partial charge on any atom is 0.258 e. The Hall–Kier alpha value is -2.09. The van der Waals surface area contributed by atoms with E-state index in [1.165, 1.54) is 0 Å². The first-order valence-corrected chi connectivity index (χ1v) is 7.30. The Bertz CT molecular complexity index is 687. The summed E-state index contributed by atoms with van der Waals surface area (Å²) >= 11 is 0. The zero-order chi connectivity index (χ0) is 15.5. The molecule has 1 heterocycles. The number of nitrogens with zero attached hydrogens (tertiary/aromatic N) is 1. The summed E-state index contributed by atoms with van der Waals surface area (Å²) in [7, 11) is 0. The zero-order valence-corrected chi connectivity index (χ0v) is 13.3. The highest BCUT2D eigenvalue weighted by atomic mass is 16.1. The molecule has 1 aromatic heterocycles. The van der Waals surface area contributed by atoms with Gasteiger partial charge < -0.3 is 4.57 Å². The molecule has 0 aliphatic rings. The van der Waals surface area contributed by atoms with Crippen LogP contribution in [0.1, 0.15) is 38.8 Å². The van der Waals surface area contributed by atoms with Crippen LogP contribution < -0.4 is 5.56 Å². The van der Waals surface area contributed by atoms with Crippen molar-refractivity contribution in [2.24, 2.45) is 5.41 Å². The van der Waals surface area contributed by atoms with Crippen molar-refractivity contribution in [3.05, 3.63) is 76.2 Å². The molecular weight excluding hydrogens is 258 g/mol. The van der Waals surface area contributed by atoms with Gasteiger partial charge in [-0.15, -0.1) is 0 Å². The summed E-state index contributed by atoms with van der Waals surface area (Å²) in [5, 5.41) is 0. The molecular formula is C19H23NO. The molecule has 2 heteroatoms. The average Bonchev–Trinajstić information content (AvgIpc) is 2.40. The van der Waals surface area contributed by atoms with Crippen LogP contribution in [0.15, 0.2) is 59.5 Å². The summed E-state index contributed by atoms with van der Waals surface area (Å²) in [5.41, 5.74) is 3.09. The molecule has 0 bridgehead atoms. The monoisotopic (exact) mass is 281 g/mol. The van der Waals surface area contributed by atoms with Gasteiger partial charge in [-0.2, -0.15) is 0 Å². The lowest BCUT2D eigenvalue weighted by atomic mass is 9.92. The van der Waals surface area contributed by atoms with Crippen LogP contribution in [0.25, 0.3) is 5.57 Å². The predicted octanol–water partition coefficient (Wildman–Crippen LogP) is 4.35. The van der Waals surface area contributed by atoms with Crippen molar-refractivity contribution in [2.75, 3.05) is 0 Å². The molecule has 0 spiro atoms. The molecule has 2 aromatic rings. The van der Waals surface area contributed by atoms with Gasteiger partial charge in [-0.1, -0.05) is 57.2 Å². The van der Waals surface area contributed by atoms with E-state index < -0.39 is 0 Å². The lowest BCUT2D eigenvalue weighted by molar-refractivity contribution is 0.545. The minimum atomic E-state index is 0.0661.